The molecule has 4 rings (SSSR count). The first-order valence-corrected chi connectivity index (χ1v) is 9.21. The van der Waals surface area contributed by atoms with Gasteiger partial charge in [-0.2, -0.15) is 10.2 Å². The minimum atomic E-state index is -0.231. The number of aromatic nitrogens is 4. The Bertz CT molecular complexity index is 1010. The van der Waals surface area contributed by atoms with Crippen molar-refractivity contribution in [3.63, 3.8) is 0 Å². The molecule has 0 aliphatic carbocycles. The Morgan fingerprint density at radius 3 is 2.82 bits per heavy atom. The number of hydrogen-bond acceptors (Lipinski definition) is 4. The molecule has 2 amide bonds. The molecule has 1 atom stereocenters. The minimum Gasteiger partial charge on any atom is -0.350 e. The Morgan fingerprint density at radius 1 is 1.32 bits per heavy atom. The molecule has 1 aliphatic rings. The fourth-order valence-electron chi connectivity index (χ4n) is 3.43. The highest BCUT2D eigenvalue weighted by atomic mass is 16.2. The summed E-state index contributed by atoms with van der Waals surface area (Å²) in [5, 5.41) is 14.1. The van der Waals surface area contributed by atoms with Gasteiger partial charge in [-0.1, -0.05) is 18.2 Å². The molecule has 1 aromatic carbocycles. The van der Waals surface area contributed by atoms with Crippen LogP contribution in [0.4, 0.5) is 5.69 Å². The third-order valence-corrected chi connectivity index (χ3v) is 5.16. The number of nitrogens with zero attached hydrogens (tertiary/aromatic N) is 4. The normalized spacial score (nSPS) is 16.6. The van der Waals surface area contributed by atoms with E-state index in [0.29, 0.717) is 30.9 Å². The van der Waals surface area contributed by atoms with Gasteiger partial charge in [0.25, 0.3) is 5.91 Å². The predicted molar refractivity (Wildman–Crippen MR) is 105 cm³/mol. The molecule has 8 nitrogen and oxygen atoms in total. The van der Waals surface area contributed by atoms with E-state index in [1.165, 1.54) is 0 Å². The fraction of sp³-hybridized carbons (Fsp3) is 0.300. The van der Waals surface area contributed by atoms with Gasteiger partial charge in [0.15, 0.2) is 0 Å². The number of para-hydroxylation sites is 1. The Kier molecular flexibility index (Phi) is 4.68. The van der Waals surface area contributed by atoms with Gasteiger partial charge >= 0.3 is 0 Å². The number of aromatic amines is 1. The van der Waals surface area contributed by atoms with Crippen molar-refractivity contribution in [2.45, 2.75) is 13.3 Å². The molecule has 1 aliphatic heterocycles. The van der Waals surface area contributed by atoms with E-state index in [0.717, 1.165) is 16.9 Å². The summed E-state index contributed by atoms with van der Waals surface area (Å²) in [4.78, 5) is 26.5. The molecule has 3 heterocycles. The molecule has 144 valence electrons. The van der Waals surface area contributed by atoms with Gasteiger partial charge in [0.2, 0.25) is 5.91 Å². The summed E-state index contributed by atoms with van der Waals surface area (Å²) in [6.45, 7) is 2.99. The summed E-state index contributed by atoms with van der Waals surface area (Å²) in [5.74, 6) is -0.0631. The second-order valence-corrected chi connectivity index (χ2v) is 7.05. The van der Waals surface area contributed by atoms with E-state index in [9.17, 15) is 9.59 Å². The van der Waals surface area contributed by atoms with Crippen molar-refractivity contribution in [3.8, 4) is 11.3 Å². The number of anilines is 1. The van der Waals surface area contributed by atoms with Crippen LogP contribution in [0.1, 0.15) is 22.6 Å². The Morgan fingerprint density at radius 2 is 2.11 bits per heavy atom. The smallest absolute Gasteiger partial charge is 0.269 e. The van der Waals surface area contributed by atoms with Crippen LogP contribution in [-0.2, 0) is 11.8 Å². The number of hydrogen-bond donors (Lipinski definition) is 2. The topological polar surface area (TPSA) is 95.9 Å². The lowest BCUT2D eigenvalue weighted by Crippen LogP contribution is -2.31. The molecule has 1 fully saturated rings. The molecule has 1 saturated heterocycles. The zero-order valence-corrected chi connectivity index (χ0v) is 15.8. The second-order valence-electron chi connectivity index (χ2n) is 7.05. The fourth-order valence-corrected chi connectivity index (χ4v) is 3.43. The van der Waals surface area contributed by atoms with Crippen molar-refractivity contribution in [1.29, 1.82) is 0 Å². The van der Waals surface area contributed by atoms with E-state index in [4.69, 9.17) is 0 Å². The number of amides is 2. The highest BCUT2D eigenvalue weighted by Crippen LogP contribution is 2.24. The minimum absolute atomic E-state index is 0.0830. The largest absolute Gasteiger partial charge is 0.350 e. The lowest BCUT2D eigenvalue weighted by molar-refractivity contribution is -0.117. The highest BCUT2D eigenvalue weighted by molar-refractivity contribution is 5.96. The number of H-pyrrole nitrogens is 1. The molecular formula is C20H22N6O2. The summed E-state index contributed by atoms with van der Waals surface area (Å²) in [7, 11) is 1.86. The summed E-state index contributed by atoms with van der Waals surface area (Å²) in [5.41, 5.74) is 3.83. The molecule has 28 heavy (non-hydrogen) atoms. The van der Waals surface area contributed by atoms with Gasteiger partial charge in [-0.15, -0.1) is 0 Å². The van der Waals surface area contributed by atoms with E-state index in [-0.39, 0.29) is 17.7 Å². The lowest BCUT2D eigenvalue weighted by atomic mass is 10.1. The van der Waals surface area contributed by atoms with E-state index in [2.05, 4.69) is 20.6 Å². The zero-order chi connectivity index (χ0) is 19.7. The quantitative estimate of drug-likeness (QED) is 0.709. The first-order valence-electron chi connectivity index (χ1n) is 9.21. The number of carbonyl (C=O) groups excluding carboxylic acids is 2. The first-order chi connectivity index (χ1) is 13.5. The van der Waals surface area contributed by atoms with E-state index < -0.39 is 0 Å². The van der Waals surface area contributed by atoms with Crippen molar-refractivity contribution < 1.29 is 9.59 Å². The summed E-state index contributed by atoms with van der Waals surface area (Å²) in [6.07, 6.45) is 2.16. The maximum absolute atomic E-state index is 12.5. The van der Waals surface area contributed by atoms with Gasteiger partial charge in [-0.3, -0.25) is 19.4 Å². The lowest BCUT2D eigenvalue weighted by Gasteiger charge is -2.16. The van der Waals surface area contributed by atoms with Crippen LogP contribution in [0.15, 0.2) is 42.6 Å². The molecule has 2 aromatic heterocycles. The van der Waals surface area contributed by atoms with Crippen molar-refractivity contribution in [3.05, 3.63) is 54.0 Å². The molecule has 0 radical (unpaired) electrons. The second kappa shape index (κ2) is 7.30. The summed E-state index contributed by atoms with van der Waals surface area (Å²) in [6, 6.07) is 11.3. The van der Waals surface area contributed by atoms with E-state index in [1.54, 1.807) is 21.8 Å². The first kappa shape index (κ1) is 18.0. The Labute approximate surface area is 162 Å². The zero-order valence-electron chi connectivity index (χ0n) is 15.8. The molecule has 0 bridgehead atoms. The van der Waals surface area contributed by atoms with Crippen LogP contribution >= 0.6 is 0 Å². The summed E-state index contributed by atoms with van der Waals surface area (Å²) < 4.78 is 1.76. The van der Waals surface area contributed by atoms with Crippen molar-refractivity contribution in [1.82, 2.24) is 25.3 Å². The van der Waals surface area contributed by atoms with Crippen LogP contribution in [0.25, 0.3) is 11.3 Å². The molecule has 8 heteroatoms. The SMILES string of the molecule is Cc1c(-c2cc(C(=O)NC[C@H]3CC(=O)N(c4ccccc4)C3)[nH]n2)cnn1C. The monoisotopic (exact) mass is 378 g/mol. The van der Waals surface area contributed by atoms with Gasteiger partial charge < -0.3 is 10.2 Å². The molecule has 3 aromatic rings. The van der Waals surface area contributed by atoms with Crippen LogP contribution in [0.5, 0.6) is 0 Å². The summed E-state index contributed by atoms with van der Waals surface area (Å²) >= 11 is 0. The van der Waals surface area contributed by atoms with Gasteiger partial charge in [0.1, 0.15) is 5.69 Å². The molecule has 0 spiro atoms. The number of rotatable bonds is 5. The number of aryl methyl sites for hydroxylation is 1. The number of nitrogens with one attached hydrogen (secondary N) is 2. The Balaban J connectivity index is 1.36. The maximum Gasteiger partial charge on any atom is 0.269 e. The third kappa shape index (κ3) is 3.40. The van der Waals surface area contributed by atoms with Crippen LogP contribution in [0, 0.1) is 12.8 Å². The molecule has 0 unspecified atom stereocenters. The molecule has 0 saturated carbocycles. The van der Waals surface area contributed by atoms with Crippen LogP contribution in [0.3, 0.4) is 0 Å². The highest BCUT2D eigenvalue weighted by Gasteiger charge is 2.30. The van der Waals surface area contributed by atoms with Gasteiger partial charge in [-0.05, 0) is 25.1 Å². The van der Waals surface area contributed by atoms with Crippen molar-refractivity contribution in [2.24, 2.45) is 13.0 Å². The number of carbonyl (C=O) groups is 2. The van der Waals surface area contributed by atoms with Crippen molar-refractivity contribution >= 4 is 17.5 Å². The van der Waals surface area contributed by atoms with Crippen LogP contribution in [0.2, 0.25) is 0 Å². The van der Waals surface area contributed by atoms with Crippen LogP contribution in [-0.4, -0.2) is 44.9 Å². The van der Waals surface area contributed by atoms with E-state index >= 15 is 0 Å². The van der Waals surface area contributed by atoms with Gasteiger partial charge in [0, 0.05) is 49.4 Å². The number of benzene rings is 1. The third-order valence-electron chi connectivity index (χ3n) is 5.16. The van der Waals surface area contributed by atoms with E-state index in [1.807, 2.05) is 44.3 Å². The van der Waals surface area contributed by atoms with Crippen molar-refractivity contribution in [2.75, 3.05) is 18.0 Å². The maximum atomic E-state index is 12.5. The van der Waals surface area contributed by atoms with Gasteiger partial charge in [0.05, 0.1) is 11.9 Å². The molecular weight excluding hydrogens is 356 g/mol. The average molecular weight is 378 g/mol. The Hall–Kier alpha value is -3.42. The standard InChI is InChI=1S/C20H22N6O2/c1-13-16(11-22-25(13)2)17-9-18(24-23-17)20(28)21-10-14-8-19(27)26(12-14)15-6-4-3-5-7-15/h3-7,9,11,14H,8,10,12H2,1-2H3,(H,21,28)(H,23,24)/t14-/m1/s1. The molecule has 2 N–H and O–H groups in total. The van der Waals surface area contributed by atoms with Gasteiger partial charge in [-0.25, -0.2) is 0 Å². The average Bonchev–Trinajstić information content (AvgIpc) is 3.41. The van der Waals surface area contributed by atoms with Crippen LogP contribution < -0.4 is 10.2 Å². The predicted octanol–water partition coefficient (Wildman–Crippen LogP) is 1.90.